The van der Waals surface area contributed by atoms with Gasteiger partial charge in [-0.05, 0) is 49.6 Å². The second kappa shape index (κ2) is 6.99. The molecular weight excluding hydrogens is 304 g/mol. The maximum atomic E-state index is 12.2. The molecule has 0 spiro atoms. The van der Waals surface area contributed by atoms with Crippen molar-refractivity contribution in [2.45, 2.75) is 39.8 Å². The van der Waals surface area contributed by atoms with Gasteiger partial charge in [0.15, 0.2) is 0 Å². The van der Waals surface area contributed by atoms with Gasteiger partial charge in [-0.15, -0.1) is 0 Å². The fourth-order valence-corrected chi connectivity index (χ4v) is 2.92. The van der Waals surface area contributed by atoms with Crippen molar-refractivity contribution in [3.05, 3.63) is 52.7 Å². The Morgan fingerprint density at radius 2 is 1.92 bits per heavy atom. The van der Waals surface area contributed by atoms with Crippen molar-refractivity contribution in [1.82, 2.24) is 5.32 Å². The molecule has 2 unspecified atom stereocenters. The van der Waals surface area contributed by atoms with Crippen LogP contribution in [0, 0.1) is 5.92 Å². The molecule has 0 radical (unpaired) electrons. The number of benzene rings is 1. The van der Waals surface area contributed by atoms with Crippen LogP contribution in [0.2, 0.25) is 0 Å². The summed E-state index contributed by atoms with van der Waals surface area (Å²) in [6.07, 6.45) is 1.55. The second-order valence-corrected chi connectivity index (χ2v) is 6.48. The molecule has 1 aliphatic rings. The van der Waals surface area contributed by atoms with Crippen LogP contribution >= 0.6 is 0 Å². The van der Waals surface area contributed by atoms with Crippen molar-refractivity contribution in [3.63, 3.8) is 0 Å². The number of alkyl carbamates (subject to hydrolysis) is 1. The van der Waals surface area contributed by atoms with Crippen LogP contribution in [0.4, 0.5) is 4.79 Å². The molecule has 5 heteroatoms. The quantitative estimate of drug-likeness (QED) is 0.886. The number of rotatable bonds is 4. The number of methoxy groups -OCH3 is 1. The number of hydrogen-bond acceptors (Lipinski definition) is 4. The van der Waals surface area contributed by atoms with Gasteiger partial charge >= 0.3 is 6.09 Å². The fourth-order valence-electron chi connectivity index (χ4n) is 2.92. The Hall–Kier alpha value is -2.43. The molecule has 2 rings (SSSR count). The molecule has 0 saturated carbocycles. The number of allylic oxidation sites excluding steroid dienone is 1. The van der Waals surface area contributed by atoms with Gasteiger partial charge in [-0.25, -0.2) is 4.79 Å². The smallest absolute Gasteiger partial charge is 0.408 e. The van der Waals surface area contributed by atoms with Gasteiger partial charge in [0.25, 0.3) is 0 Å². The van der Waals surface area contributed by atoms with Crippen LogP contribution in [0.25, 0.3) is 0 Å². The monoisotopic (exact) mass is 330 g/mol. The van der Waals surface area contributed by atoms with Crippen LogP contribution in [0.5, 0.6) is 5.75 Å². The molecule has 1 amide bonds. The van der Waals surface area contributed by atoms with E-state index in [0.29, 0.717) is 0 Å². The van der Waals surface area contributed by atoms with Gasteiger partial charge in [0.05, 0.1) is 12.6 Å². The number of nitrogens with one attached hydrogen (secondary N) is 1. The molecule has 130 valence electrons. The van der Waals surface area contributed by atoms with E-state index in [9.17, 15) is 4.79 Å². The molecule has 2 atom stereocenters. The molecule has 24 heavy (non-hydrogen) atoms. The lowest BCUT2D eigenvalue weighted by Crippen LogP contribution is -2.51. The molecular formula is C19H26N2O3. The van der Waals surface area contributed by atoms with Crippen LogP contribution in [0.3, 0.4) is 0 Å². The highest BCUT2D eigenvalue weighted by Crippen LogP contribution is 2.34. The predicted molar refractivity (Wildman–Crippen MR) is 94.5 cm³/mol. The molecule has 0 aliphatic heterocycles. The molecule has 0 heterocycles. The third-order valence-corrected chi connectivity index (χ3v) is 4.82. The van der Waals surface area contributed by atoms with Gasteiger partial charge in [0.2, 0.25) is 0 Å². The van der Waals surface area contributed by atoms with E-state index < -0.39 is 11.6 Å². The van der Waals surface area contributed by atoms with Gasteiger partial charge in [-0.1, -0.05) is 25.1 Å². The average Bonchev–Trinajstić information content (AvgIpc) is 2.57. The summed E-state index contributed by atoms with van der Waals surface area (Å²) in [4.78, 5) is 12.2. The number of ether oxygens (including phenoxy) is 2. The van der Waals surface area contributed by atoms with Gasteiger partial charge in [-0.2, -0.15) is 0 Å². The van der Waals surface area contributed by atoms with Crippen LogP contribution in [0.15, 0.2) is 47.2 Å². The molecule has 1 aromatic rings. The van der Waals surface area contributed by atoms with Gasteiger partial charge < -0.3 is 20.5 Å². The number of nitrogens with two attached hydrogens (primary N) is 1. The minimum atomic E-state index is -0.520. The highest BCUT2D eigenvalue weighted by molar-refractivity contribution is 5.69. The summed E-state index contributed by atoms with van der Waals surface area (Å²) in [5.41, 5.74) is 9.31. The van der Waals surface area contributed by atoms with E-state index in [1.807, 2.05) is 51.1 Å². The zero-order valence-electron chi connectivity index (χ0n) is 15.0. The van der Waals surface area contributed by atoms with Crippen molar-refractivity contribution in [1.29, 1.82) is 0 Å². The predicted octanol–water partition coefficient (Wildman–Crippen LogP) is 3.51. The fraction of sp³-hybridized carbons (Fsp3) is 0.421. The Balaban J connectivity index is 1.99. The minimum Gasteiger partial charge on any atom is -0.497 e. The number of carbonyl (C=O) groups excluding carboxylic acids is 1. The summed E-state index contributed by atoms with van der Waals surface area (Å²) in [6.45, 7) is 8.19. The Kier molecular flexibility index (Phi) is 5.22. The second-order valence-electron chi connectivity index (χ2n) is 6.48. The summed E-state index contributed by atoms with van der Waals surface area (Å²) in [5, 5.41) is 2.97. The Morgan fingerprint density at radius 3 is 2.50 bits per heavy atom. The van der Waals surface area contributed by atoms with Crippen LogP contribution < -0.4 is 15.8 Å². The van der Waals surface area contributed by atoms with E-state index in [1.165, 1.54) is 0 Å². The minimum absolute atomic E-state index is 0.0923. The van der Waals surface area contributed by atoms with Crippen molar-refractivity contribution >= 4 is 6.09 Å². The summed E-state index contributed by atoms with van der Waals surface area (Å²) in [6, 6.07) is 7.41. The van der Waals surface area contributed by atoms with E-state index in [2.05, 4.69) is 12.2 Å². The van der Waals surface area contributed by atoms with Gasteiger partial charge in [0.1, 0.15) is 12.4 Å². The molecule has 0 saturated heterocycles. The molecule has 0 fully saturated rings. The SMILES string of the molecule is COc1ccc(COC(=O)NC2(C)C=C(C)C(N)=C(C)C2C)cc1. The molecule has 5 nitrogen and oxygen atoms in total. The van der Waals surface area contributed by atoms with E-state index in [0.717, 1.165) is 28.2 Å². The van der Waals surface area contributed by atoms with E-state index in [-0.39, 0.29) is 12.5 Å². The molecule has 3 N–H and O–H groups in total. The zero-order chi connectivity index (χ0) is 17.9. The zero-order valence-corrected chi connectivity index (χ0v) is 15.0. The Morgan fingerprint density at radius 1 is 1.29 bits per heavy atom. The summed E-state index contributed by atoms with van der Waals surface area (Å²) in [7, 11) is 1.61. The Labute approximate surface area is 143 Å². The van der Waals surface area contributed by atoms with E-state index >= 15 is 0 Å². The first-order valence-corrected chi connectivity index (χ1v) is 8.00. The summed E-state index contributed by atoms with van der Waals surface area (Å²) >= 11 is 0. The normalized spacial score (nSPS) is 23.5. The highest BCUT2D eigenvalue weighted by atomic mass is 16.5. The van der Waals surface area contributed by atoms with Crippen molar-refractivity contribution in [3.8, 4) is 5.75 Å². The maximum Gasteiger partial charge on any atom is 0.408 e. The van der Waals surface area contributed by atoms with Crippen LogP contribution in [0.1, 0.15) is 33.3 Å². The average molecular weight is 330 g/mol. The van der Waals surface area contributed by atoms with Crippen molar-refractivity contribution in [2.75, 3.05) is 7.11 Å². The first-order chi connectivity index (χ1) is 11.3. The molecule has 1 aromatic carbocycles. The third kappa shape index (κ3) is 3.72. The lowest BCUT2D eigenvalue weighted by atomic mass is 9.75. The lowest BCUT2D eigenvalue weighted by molar-refractivity contribution is 0.127. The molecule has 0 bridgehead atoms. The topological polar surface area (TPSA) is 73.6 Å². The maximum absolute atomic E-state index is 12.2. The molecule has 0 aromatic heterocycles. The van der Waals surface area contributed by atoms with E-state index in [4.69, 9.17) is 15.2 Å². The number of amides is 1. The molecule has 1 aliphatic carbocycles. The van der Waals surface area contributed by atoms with Crippen LogP contribution in [-0.4, -0.2) is 18.7 Å². The van der Waals surface area contributed by atoms with Gasteiger partial charge in [0, 0.05) is 11.6 Å². The lowest BCUT2D eigenvalue weighted by Gasteiger charge is -2.38. The number of hydrogen-bond donors (Lipinski definition) is 2. The third-order valence-electron chi connectivity index (χ3n) is 4.82. The number of carbonyl (C=O) groups is 1. The standard InChI is InChI=1S/C19H26N2O3/c1-12-10-19(4,14(3)13(2)17(12)20)21-18(22)24-11-15-6-8-16(23-5)9-7-15/h6-10,14H,11,20H2,1-5H3,(H,21,22). The van der Waals surface area contributed by atoms with Gasteiger partial charge in [-0.3, -0.25) is 0 Å². The first kappa shape index (κ1) is 17.9. The van der Waals surface area contributed by atoms with Crippen LogP contribution in [-0.2, 0) is 11.3 Å². The first-order valence-electron chi connectivity index (χ1n) is 8.00. The van der Waals surface area contributed by atoms with Crippen molar-refractivity contribution < 1.29 is 14.3 Å². The highest BCUT2D eigenvalue weighted by Gasteiger charge is 2.36. The summed E-state index contributed by atoms with van der Waals surface area (Å²) in [5.74, 6) is 0.863. The van der Waals surface area contributed by atoms with E-state index in [1.54, 1.807) is 7.11 Å². The van der Waals surface area contributed by atoms with Crippen molar-refractivity contribution in [2.24, 2.45) is 11.7 Å². The summed E-state index contributed by atoms with van der Waals surface area (Å²) < 4.78 is 10.5. The Bertz CT molecular complexity index is 676. The largest absolute Gasteiger partial charge is 0.497 e.